The summed E-state index contributed by atoms with van der Waals surface area (Å²) in [7, 11) is 1.88. The van der Waals surface area contributed by atoms with E-state index in [-0.39, 0.29) is 5.91 Å². The predicted octanol–water partition coefficient (Wildman–Crippen LogP) is 3.94. The lowest BCUT2D eigenvalue weighted by atomic mass is 10.1. The first kappa shape index (κ1) is 16.1. The maximum Gasteiger partial charge on any atom is 0.227 e. The molecule has 4 heteroatoms. The number of hydrogen-bond donors (Lipinski definition) is 0. The molecule has 0 N–H and O–H groups in total. The number of piperidine rings is 1. The van der Waals surface area contributed by atoms with E-state index >= 15 is 0 Å². The van der Waals surface area contributed by atoms with Crippen LogP contribution in [0.3, 0.4) is 0 Å². The van der Waals surface area contributed by atoms with Crippen LogP contribution in [0.5, 0.6) is 0 Å². The third-order valence-electron chi connectivity index (χ3n) is 4.41. The minimum Gasteiger partial charge on any atom is -0.372 e. The number of carbonyl (C=O) groups is 1. The Balaban J connectivity index is 1.55. The van der Waals surface area contributed by atoms with E-state index in [9.17, 15) is 4.79 Å². The Bertz CT molecular complexity index is 615. The maximum atomic E-state index is 12.3. The number of carbonyl (C=O) groups excluding carboxylic acids is 1. The van der Waals surface area contributed by atoms with Crippen LogP contribution in [-0.4, -0.2) is 30.9 Å². The topological polar surface area (TPSA) is 23.6 Å². The van der Waals surface area contributed by atoms with Gasteiger partial charge in [-0.25, -0.2) is 0 Å². The van der Waals surface area contributed by atoms with Crippen molar-refractivity contribution in [2.45, 2.75) is 32.2 Å². The molecule has 0 unspecified atom stereocenters. The van der Waals surface area contributed by atoms with Gasteiger partial charge in [-0.05, 0) is 48.4 Å². The number of anilines is 1. The molecular weight excluding hydrogens is 304 g/mol. The predicted molar refractivity (Wildman–Crippen MR) is 97.0 cm³/mol. The van der Waals surface area contributed by atoms with Crippen molar-refractivity contribution >= 4 is 22.9 Å². The van der Waals surface area contributed by atoms with Crippen LogP contribution in [0, 0.1) is 0 Å². The third-order valence-corrected chi connectivity index (χ3v) is 5.28. The van der Waals surface area contributed by atoms with Crippen LogP contribution in [0.2, 0.25) is 0 Å². The van der Waals surface area contributed by atoms with Gasteiger partial charge >= 0.3 is 0 Å². The molecule has 3 nitrogen and oxygen atoms in total. The van der Waals surface area contributed by atoms with Gasteiger partial charge < -0.3 is 9.80 Å². The number of benzene rings is 1. The van der Waals surface area contributed by atoms with Crippen molar-refractivity contribution in [2.75, 3.05) is 25.0 Å². The molecule has 1 saturated heterocycles. The summed E-state index contributed by atoms with van der Waals surface area (Å²) in [6.07, 6.45) is 4.44. The van der Waals surface area contributed by atoms with Gasteiger partial charge in [0, 0.05) is 37.2 Å². The molecule has 122 valence electrons. The van der Waals surface area contributed by atoms with Crippen molar-refractivity contribution < 1.29 is 4.79 Å². The lowest BCUT2D eigenvalue weighted by molar-refractivity contribution is -0.129. The average molecular weight is 328 g/mol. The number of hydrogen-bond acceptors (Lipinski definition) is 3. The van der Waals surface area contributed by atoms with E-state index in [4.69, 9.17) is 0 Å². The molecule has 1 aliphatic heterocycles. The molecule has 1 fully saturated rings. The SMILES string of the molecule is CN(Cc1ccc(N2CCCCC2)cc1)C(=O)Cc1cccs1. The van der Waals surface area contributed by atoms with Gasteiger partial charge in [-0.15, -0.1) is 11.3 Å². The summed E-state index contributed by atoms with van der Waals surface area (Å²) in [5, 5.41) is 2.02. The molecule has 0 spiro atoms. The van der Waals surface area contributed by atoms with Gasteiger partial charge in [0.25, 0.3) is 0 Å². The Labute approximate surface area is 142 Å². The minimum absolute atomic E-state index is 0.174. The lowest BCUT2D eigenvalue weighted by Gasteiger charge is -2.29. The van der Waals surface area contributed by atoms with Crippen molar-refractivity contribution in [3.8, 4) is 0 Å². The summed E-state index contributed by atoms with van der Waals surface area (Å²) in [5.41, 5.74) is 2.49. The zero-order valence-electron chi connectivity index (χ0n) is 13.7. The number of nitrogens with zero attached hydrogens (tertiary/aromatic N) is 2. The number of rotatable bonds is 5. The van der Waals surface area contributed by atoms with Gasteiger partial charge in [0.2, 0.25) is 5.91 Å². The lowest BCUT2D eigenvalue weighted by Crippen LogP contribution is -2.29. The number of thiophene rings is 1. The first-order valence-electron chi connectivity index (χ1n) is 8.32. The molecule has 1 aliphatic rings. The van der Waals surface area contributed by atoms with Crippen LogP contribution in [0.25, 0.3) is 0 Å². The fourth-order valence-electron chi connectivity index (χ4n) is 3.02. The molecule has 0 saturated carbocycles. The van der Waals surface area contributed by atoms with Crippen molar-refractivity contribution in [1.82, 2.24) is 4.90 Å². The number of amides is 1. The molecule has 0 atom stereocenters. The number of likely N-dealkylation sites (N-methyl/N-ethyl adjacent to an activating group) is 1. The maximum absolute atomic E-state index is 12.3. The molecule has 0 bridgehead atoms. The van der Waals surface area contributed by atoms with Gasteiger partial charge in [0.05, 0.1) is 6.42 Å². The molecular formula is C19H24N2OS. The Morgan fingerprint density at radius 3 is 2.52 bits per heavy atom. The van der Waals surface area contributed by atoms with Crippen LogP contribution in [-0.2, 0) is 17.8 Å². The van der Waals surface area contributed by atoms with E-state index in [1.165, 1.54) is 43.6 Å². The smallest absolute Gasteiger partial charge is 0.227 e. The molecule has 2 heterocycles. The van der Waals surface area contributed by atoms with Crippen molar-refractivity contribution in [3.63, 3.8) is 0 Å². The first-order chi connectivity index (χ1) is 11.2. The first-order valence-corrected chi connectivity index (χ1v) is 9.20. The molecule has 23 heavy (non-hydrogen) atoms. The molecule has 2 aromatic rings. The highest BCUT2D eigenvalue weighted by molar-refractivity contribution is 7.10. The van der Waals surface area contributed by atoms with Gasteiger partial charge in [0.1, 0.15) is 0 Å². The molecule has 3 rings (SSSR count). The summed E-state index contributed by atoms with van der Waals surface area (Å²) in [6, 6.07) is 12.7. The standard InChI is InChI=1S/C19H24N2OS/c1-20(19(22)14-18-6-5-13-23-18)15-16-7-9-17(10-8-16)21-11-3-2-4-12-21/h5-10,13H,2-4,11-12,14-15H2,1H3. The zero-order valence-corrected chi connectivity index (χ0v) is 14.5. The second-order valence-corrected chi connectivity index (χ2v) is 7.25. The van der Waals surface area contributed by atoms with Crippen LogP contribution in [0.4, 0.5) is 5.69 Å². The van der Waals surface area contributed by atoms with E-state index in [2.05, 4.69) is 29.2 Å². The largest absolute Gasteiger partial charge is 0.372 e. The van der Waals surface area contributed by atoms with E-state index in [0.29, 0.717) is 13.0 Å². The molecule has 1 aromatic carbocycles. The van der Waals surface area contributed by atoms with E-state index in [0.717, 1.165) is 4.88 Å². The monoisotopic (exact) mass is 328 g/mol. The van der Waals surface area contributed by atoms with E-state index in [1.807, 2.05) is 29.5 Å². The van der Waals surface area contributed by atoms with E-state index < -0.39 is 0 Å². The highest BCUT2D eigenvalue weighted by Gasteiger charge is 2.13. The quantitative estimate of drug-likeness (QED) is 0.830. The van der Waals surface area contributed by atoms with Crippen LogP contribution >= 0.6 is 11.3 Å². The summed E-state index contributed by atoms with van der Waals surface area (Å²) in [5.74, 6) is 0.174. The summed E-state index contributed by atoms with van der Waals surface area (Å²) in [6.45, 7) is 3.00. The normalized spacial score (nSPS) is 14.7. The Morgan fingerprint density at radius 1 is 1.13 bits per heavy atom. The summed E-state index contributed by atoms with van der Waals surface area (Å²) >= 11 is 1.64. The molecule has 1 amide bonds. The van der Waals surface area contributed by atoms with Crippen LogP contribution in [0.1, 0.15) is 29.7 Å². The minimum atomic E-state index is 0.174. The van der Waals surface area contributed by atoms with Crippen molar-refractivity contribution in [3.05, 3.63) is 52.2 Å². The Morgan fingerprint density at radius 2 is 1.87 bits per heavy atom. The third kappa shape index (κ3) is 4.35. The fraction of sp³-hybridized carbons (Fsp3) is 0.421. The Kier molecular flexibility index (Phi) is 5.34. The average Bonchev–Trinajstić information content (AvgIpc) is 3.09. The molecule has 0 radical (unpaired) electrons. The van der Waals surface area contributed by atoms with Crippen LogP contribution < -0.4 is 4.90 Å². The zero-order chi connectivity index (χ0) is 16.1. The second kappa shape index (κ2) is 7.64. The summed E-state index contributed by atoms with van der Waals surface area (Å²) < 4.78 is 0. The summed E-state index contributed by atoms with van der Waals surface area (Å²) in [4.78, 5) is 17.7. The van der Waals surface area contributed by atoms with Gasteiger partial charge in [-0.3, -0.25) is 4.79 Å². The highest BCUT2D eigenvalue weighted by Crippen LogP contribution is 2.20. The van der Waals surface area contributed by atoms with Gasteiger partial charge in [-0.2, -0.15) is 0 Å². The van der Waals surface area contributed by atoms with Crippen LogP contribution in [0.15, 0.2) is 41.8 Å². The fourth-order valence-corrected chi connectivity index (χ4v) is 3.72. The van der Waals surface area contributed by atoms with Gasteiger partial charge in [0.15, 0.2) is 0 Å². The van der Waals surface area contributed by atoms with Crippen molar-refractivity contribution in [1.29, 1.82) is 0 Å². The second-order valence-electron chi connectivity index (χ2n) is 6.22. The highest BCUT2D eigenvalue weighted by atomic mass is 32.1. The van der Waals surface area contributed by atoms with E-state index in [1.54, 1.807) is 11.3 Å². The Hall–Kier alpha value is -1.81. The van der Waals surface area contributed by atoms with Gasteiger partial charge in [-0.1, -0.05) is 18.2 Å². The molecule has 0 aliphatic carbocycles. The van der Waals surface area contributed by atoms with Crippen molar-refractivity contribution in [2.24, 2.45) is 0 Å². The molecule has 1 aromatic heterocycles.